The summed E-state index contributed by atoms with van der Waals surface area (Å²) in [7, 11) is 0. The lowest BCUT2D eigenvalue weighted by Gasteiger charge is -2.27. The van der Waals surface area contributed by atoms with E-state index in [4.69, 9.17) is 4.74 Å². The molecule has 0 atom stereocenters. The highest BCUT2D eigenvalue weighted by atomic mass is 32.2. The molecule has 0 saturated carbocycles. The molecule has 0 spiro atoms. The summed E-state index contributed by atoms with van der Waals surface area (Å²) in [6.07, 6.45) is 7.70. The molecule has 1 aliphatic carbocycles. The second kappa shape index (κ2) is 9.15. The Kier molecular flexibility index (Phi) is 6.38. The lowest BCUT2D eigenvalue weighted by atomic mass is 9.89. The number of H-pyrrole nitrogens is 1. The number of thioether (sulfide) groups is 1. The summed E-state index contributed by atoms with van der Waals surface area (Å²) in [5.74, 6) is 1.73. The second-order valence-electron chi connectivity index (χ2n) is 7.78. The molecule has 28 heavy (non-hydrogen) atoms. The quantitative estimate of drug-likeness (QED) is 0.724. The van der Waals surface area contributed by atoms with Crippen molar-refractivity contribution in [3.8, 4) is 6.07 Å². The molecule has 2 aliphatic heterocycles. The number of nitrogens with one attached hydrogen (secondary N) is 1. The Balaban J connectivity index is 1.60. The van der Waals surface area contributed by atoms with Crippen molar-refractivity contribution >= 4 is 23.5 Å². The summed E-state index contributed by atoms with van der Waals surface area (Å²) >= 11 is 1.50. The number of carbonyl (C=O) groups excluding carboxylic acids is 1. The molecule has 0 unspecified atom stereocenters. The van der Waals surface area contributed by atoms with Crippen LogP contribution in [0.3, 0.4) is 0 Å². The molecule has 2 fully saturated rings. The van der Waals surface area contributed by atoms with Gasteiger partial charge in [-0.1, -0.05) is 11.8 Å². The first-order chi connectivity index (χ1) is 13.8. The van der Waals surface area contributed by atoms with Gasteiger partial charge in [-0.05, 0) is 50.5 Å². The summed E-state index contributed by atoms with van der Waals surface area (Å²) in [5.41, 5.74) is 3.25. The lowest BCUT2D eigenvalue weighted by molar-refractivity contribution is -0.414. The fourth-order valence-electron chi connectivity index (χ4n) is 4.48. The minimum atomic E-state index is 0.188. The van der Waals surface area contributed by atoms with Gasteiger partial charge in [-0.15, -0.1) is 0 Å². The van der Waals surface area contributed by atoms with Crippen LogP contribution in [0.1, 0.15) is 48.8 Å². The van der Waals surface area contributed by atoms with Crippen LogP contribution in [0.15, 0.2) is 5.03 Å². The SMILES string of the molecule is N#Cc1c(SCC(=O)N2CCCCC2)[nH+]c(N2CCOCC2)c2c1CCCC2. The average Bonchev–Trinajstić information content (AvgIpc) is 2.77. The van der Waals surface area contributed by atoms with Gasteiger partial charge < -0.3 is 9.64 Å². The van der Waals surface area contributed by atoms with Crippen LogP contribution in [0.4, 0.5) is 5.82 Å². The van der Waals surface area contributed by atoms with E-state index in [0.717, 1.165) is 87.9 Å². The zero-order chi connectivity index (χ0) is 19.3. The first-order valence-corrected chi connectivity index (χ1v) is 11.5. The molecule has 4 rings (SSSR count). The largest absolute Gasteiger partial charge is 0.373 e. The Morgan fingerprint density at radius 3 is 2.46 bits per heavy atom. The highest BCUT2D eigenvalue weighted by Gasteiger charge is 2.31. The third-order valence-electron chi connectivity index (χ3n) is 6.00. The van der Waals surface area contributed by atoms with Crippen molar-refractivity contribution in [1.29, 1.82) is 5.26 Å². The standard InChI is InChI=1S/C21H28N4O2S/c22-14-18-16-6-2-3-7-17(16)20(25-10-12-27-13-11-25)23-21(18)28-15-19(26)24-8-4-1-5-9-24/h1-13,15H2/p+1. The van der Waals surface area contributed by atoms with E-state index in [9.17, 15) is 10.1 Å². The fourth-order valence-corrected chi connectivity index (χ4v) is 5.41. The number of pyridine rings is 1. The third kappa shape index (κ3) is 4.13. The smallest absolute Gasteiger partial charge is 0.278 e. The Hall–Kier alpha value is -1.78. The maximum atomic E-state index is 12.6. The predicted molar refractivity (Wildman–Crippen MR) is 109 cm³/mol. The van der Waals surface area contributed by atoms with E-state index in [2.05, 4.69) is 16.0 Å². The first-order valence-electron chi connectivity index (χ1n) is 10.5. The minimum Gasteiger partial charge on any atom is -0.373 e. The van der Waals surface area contributed by atoms with E-state index in [0.29, 0.717) is 5.75 Å². The highest BCUT2D eigenvalue weighted by molar-refractivity contribution is 7.99. The predicted octanol–water partition coefficient (Wildman–Crippen LogP) is 2.19. The van der Waals surface area contributed by atoms with Crippen LogP contribution in [0.5, 0.6) is 0 Å². The number of aromatic nitrogens is 1. The number of nitriles is 1. The summed E-state index contributed by atoms with van der Waals surface area (Å²) < 4.78 is 5.52. The van der Waals surface area contributed by atoms with Gasteiger partial charge in [0, 0.05) is 18.7 Å². The maximum absolute atomic E-state index is 12.6. The van der Waals surface area contributed by atoms with Gasteiger partial charge in [-0.2, -0.15) is 5.26 Å². The van der Waals surface area contributed by atoms with Crippen molar-refractivity contribution in [2.45, 2.75) is 50.0 Å². The van der Waals surface area contributed by atoms with Crippen LogP contribution in [-0.4, -0.2) is 56.0 Å². The van der Waals surface area contributed by atoms with Crippen molar-refractivity contribution in [2.24, 2.45) is 0 Å². The van der Waals surface area contributed by atoms with Crippen LogP contribution < -0.4 is 9.88 Å². The van der Waals surface area contributed by atoms with Gasteiger partial charge in [0.05, 0.1) is 19.0 Å². The van der Waals surface area contributed by atoms with Gasteiger partial charge in [0.15, 0.2) is 5.03 Å². The van der Waals surface area contributed by atoms with Crippen molar-refractivity contribution in [3.63, 3.8) is 0 Å². The molecule has 7 heteroatoms. The van der Waals surface area contributed by atoms with Gasteiger partial charge in [-0.3, -0.25) is 9.69 Å². The highest BCUT2D eigenvalue weighted by Crippen LogP contribution is 2.34. The number of aromatic amines is 1. The molecule has 1 amide bonds. The fraction of sp³-hybridized carbons (Fsp3) is 0.667. The molecule has 1 aromatic heterocycles. The van der Waals surface area contributed by atoms with Crippen LogP contribution in [0.2, 0.25) is 0 Å². The average molecular weight is 402 g/mol. The Bertz CT molecular complexity index is 765. The van der Waals surface area contributed by atoms with E-state index < -0.39 is 0 Å². The molecule has 1 N–H and O–H groups in total. The van der Waals surface area contributed by atoms with Gasteiger partial charge in [0.2, 0.25) is 5.91 Å². The molecule has 0 bridgehead atoms. The number of fused-ring (bicyclic) bond motifs is 1. The van der Waals surface area contributed by atoms with Gasteiger partial charge in [-0.25, -0.2) is 4.98 Å². The topological polar surface area (TPSA) is 70.7 Å². The van der Waals surface area contributed by atoms with Crippen LogP contribution in [0, 0.1) is 11.3 Å². The van der Waals surface area contributed by atoms with Crippen LogP contribution in [-0.2, 0) is 22.4 Å². The number of piperidine rings is 1. The normalized spacial score (nSPS) is 19.8. The van der Waals surface area contributed by atoms with Gasteiger partial charge in [0.1, 0.15) is 24.7 Å². The maximum Gasteiger partial charge on any atom is 0.278 e. The number of hydrogen-bond acceptors (Lipinski definition) is 5. The van der Waals surface area contributed by atoms with Crippen molar-refractivity contribution in [2.75, 3.05) is 50.0 Å². The molecular formula is C21H29N4O2S+. The number of rotatable bonds is 4. The van der Waals surface area contributed by atoms with Crippen molar-refractivity contribution in [3.05, 3.63) is 16.7 Å². The Labute approximate surface area is 171 Å². The zero-order valence-electron chi connectivity index (χ0n) is 16.5. The van der Waals surface area contributed by atoms with E-state index in [-0.39, 0.29) is 5.91 Å². The van der Waals surface area contributed by atoms with E-state index in [1.807, 2.05) is 4.90 Å². The molecule has 150 valence electrons. The first kappa shape index (κ1) is 19.5. The van der Waals surface area contributed by atoms with Gasteiger partial charge >= 0.3 is 0 Å². The molecule has 0 aromatic carbocycles. The molecular weight excluding hydrogens is 372 g/mol. The van der Waals surface area contributed by atoms with E-state index in [1.165, 1.54) is 35.7 Å². The van der Waals surface area contributed by atoms with Crippen LogP contribution >= 0.6 is 11.8 Å². The Morgan fingerprint density at radius 1 is 1.04 bits per heavy atom. The number of morpholine rings is 1. The molecule has 3 aliphatic rings. The van der Waals surface area contributed by atoms with Crippen molar-refractivity contribution in [1.82, 2.24) is 4.90 Å². The van der Waals surface area contributed by atoms with E-state index in [1.54, 1.807) is 0 Å². The van der Waals surface area contributed by atoms with Gasteiger partial charge in [0.25, 0.3) is 5.82 Å². The Morgan fingerprint density at radius 2 is 1.75 bits per heavy atom. The van der Waals surface area contributed by atoms with Crippen molar-refractivity contribution < 1.29 is 14.5 Å². The summed E-state index contributed by atoms with van der Waals surface area (Å²) in [6.45, 7) is 4.95. The molecule has 1 aromatic rings. The summed E-state index contributed by atoms with van der Waals surface area (Å²) in [6, 6.07) is 2.44. The number of nitrogens with zero attached hydrogens (tertiary/aromatic N) is 3. The second-order valence-corrected chi connectivity index (χ2v) is 8.77. The molecule has 2 saturated heterocycles. The molecule has 6 nitrogen and oxygen atoms in total. The number of likely N-dealkylation sites (tertiary alicyclic amines) is 1. The number of amides is 1. The number of hydrogen-bond donors (Lipinski definition) is 0. The summed E-state index contributed by atoms with van der Waals surface area (Å²) in [4.78, 5) is 20.5. The number of anilines is 1. The zero-order valence-corrected chi connectivity index (χ0v) is 17.3. The minimum absolute atomic E-state index is 0.188. The molecule has 3 heterocycles. The third-order valence-corrected chi connectivity index (χ3v) is 6.99. The monoisotopic (exact) mass is 401 g/mol. The number of carbonyl (C=O) groups is 1. The van der Waals surface area contributed by atoms with Crippen LogP contribution in [0.25, 0.3) is 0 Å². The van der Waals surface area contributed by atoms with E-state index >= 15 is 0 Å². The summed E-state index contributed by atoms with van der Waals surface area (Å²) in [5, 5.41) is 10.7. The lowest BCUT2D eigenvalue weighted by Crippen LogP contribution is -2.41. The molecule has 0 radical (unpaired) electrons. The number of ether oxygens (including phenoxy) is 1.